The fraction of sp³-hybridized carbons (Fsp3) is 0.273. The molecule has 0 atom stereocenters. The lowest BCUT2D eigenvalue weighted by Gasteiger charge is -2.07. The second-order valence-electron chi connectivity index (χ2n) is 3.36. The van der Waals surface area contributed by atoms with Crippen molar-refractivity contribution in [3.8, 4) is 0 Å². The molecule has 1 aromatic rings. The van der Waals surface area contributed by atoms with Crippen LogP contribution in [-0.4, -0.2) is 30.5 Å². The first-order valence-corrected chi connectivity index (χ1v) is 6.55. The van der Waals surface area contributed by atoms with Crippen molar-refractivity contribution < 1.29 is 14.3 Å². The van der Waals surface area contributed by atoms with Gasteiger partial charge in [0.1, 0.15) is 0 Å². The summed E-state index contributed by atoms with van der Waals surface area (Å²) in [6.07, 6.45) is 0. The Morgan fingerprint density at radius 1 is 1.44 bits per heavy atom. The average Bonchev–Trinajstić information content (AvgIpc) is 2.33. The van der Waals surface area contributed by atoms with Crippen LogP contribution in [0.25, 0.3) is 0 Å². The van der Waals surface area contributed by atoms with Gasteiger partial charge in [0.2, 0.25) is 5.91 Å². The van der Waals surface area contributed by atoms with Crippen molar-refractivity contribution in [2.24, 2.45) is 0 Å². The second kappa shape index (κ2) is 7.13. The van der Waals surface area contributed by atoms with Crippen molar-refractivity contribution in [1.82, 2.24) is 0 Å². The van der Waals surface area contributed by atoms with E-state index in [0.29, 0.717) is 16.4 Å². The summed E-state index contributed by atoms with van der Waals surface area (Å²) < 4.78 is 4.46. The molecule has 0 saturated heterocycles. The Kier molecular flexibility index (Phi) is 5.80. The minimum Gasteiger partial charge on any atom is -0.468 e. The Balaban J connectivity index is 2.44. The fourth-order valence-corrected chi connectivity index (χ4v) is 1.92. The van der Waals surface area contributed by atoms with E-state index in [1.54, 1.807) is 18.2 Å². The first kappa shape index (κ1) is 14.7. The Morgan fingerprint density at radius 2 is 2.17 bits per heavy atom. The Hall–Kier alpha value is -1.40. The lowest BCUT2D eigenvalue weighted by Crippen LogP contribution is -2.16. The normalized spacial score (nSPS) is 9.89. The predicted molar refractivity (Wildman–Crippen MR) is 73.8 cm³/mol. The standard InChI is InChI=1S/C11H13ClN2O3S/c1-17-11(16)6-18-5-10(15)14-9-4-7(13)2-3-8(9)12/h2-4H,5-6,13H2,1H3,(H,14,15). The zero-order valence-electron chi connectivity index (χ0n) is 9.73. The summed E-state index contributed by atoms with van der Waals surface area (Å²) in [6, 6.07) is 4.82. The summed E-state index contributed by atoms with van der Waals surface area (Å²) in [4.78, 5) is 22.4. The molecule has 1 aromatic carbocycles. The van der Waals surface area contributed by atoms with Crippen LogP contribution in [0.1, 0.15) is 0 Å². The molecule has 1 amide bonds. The third-order valence-corrected chi connectivity index (χ3v) is 3.18. The average molecular weight is 289 g/mol. The van der Waals surface area contributed by atoms with Crippen LogP contribution in [0, 0.1) is 0 Å². The van der Waals surface area contributed by atoms with Crippen LogP contribution in [0.15, 0.2) is 18.2 Å². The number of anilines is 2. The fourth-order valence-electron chi connectivity index (χ4n) is 1.11. The molecule has 0 aliphatic rings. The molecule has 7 heteroatoms. The number of amides is 1. The number of nitrogen functional groups attached to an aromatic ring is 1. The van der Waals surface area contributed by atoms with E-state index < -0.39 is 0 Å². The minimum atomic E-state index is -0.366. The van der Waals surface area contributed by atoms with E-state index in [-0.39, 0.29) is 23.4 Å². The van der Waals surface area contributed by atoms with Crippen molar-refractivity contribution in [3.05, 3.63) is 23.2 Å². The van der Waals surface area contributed by atoms with Crippen molar-refractivity contribution in [2.45, 2.75) is 0 Å². The highest BCUT2D eigenvalue weighted by atomic mass is 35.5. The molecule has 0 aromatic heterocycles. The molecule has 0 heterocycles. The Bertz CT molecular complexity index is 454. The lowest BCUT2D eigenvalue weighted by molar-refractivity contribution is -0.137. The summed E-state index contributed by atoms with van der Waals surface area (Å²) in [7, 11) is 1.30. The van der Waals surface area contributed by atoms with Gasteiger partial charge < -0.3 is 15.8 Å². The Labute approximate surface area is 114 Å². The number of rotatable bonds is 5. The summed E-state index contributed by atoms with van der Waals surface area (Å²) in [5, 5.41) is 3.03. The lowest BCUT2D eigenvalue weighted by atomic mass is 10.3. The van der Waals surface area contributed by atoms with Crippen LogP contribution in [0.5, 0.6) is 0 Å². The van der Waals surface area contributed by atoms with Crippen molar-refractivity contribution in [2.75, 3.05) is 29.7 Å². The molecule has 0 radical (unpaired) electrons. The van der Waals surface area contributed by atoms with E-state index in [1.807, 2.05) is 0 Å². The second-order valence-corrected chi connectivity index (χ2v) is 4.75. The van der Waals surface area contributed by atoms with Gasteiger partial charge in [0.25, 0.3) is 0 Å². The summed E-state index contributed by atoms with van der Waals surface area (Å²) >= 11 is 7.06. The van der Waals surface area contributed by atoms with Crippen LogP contribution < -0.4 is 11.1 Å². The summed E-state index contributed by atoms with van der Waals surface area (Å²) in [5.41, 5.74) is 6.55. The van der Waals surface area contributed by atoms with E-state index in [9.17, 15) is 9.59 Å². The van der Waals surface area contributed by atoms with Gasteiger partial charge >= 0.3 is 5.97 Å². The number of nitrogens with two attached hydrogens (primary N) is 1. The number of carbonyl (C=O) groups is 2. The molecule has 98 valence electrons. The van der Waals surface area contributed by atoms with Crippen LogP contribution in [0.3, 0.4) is 0 Å². The maximum Gasteiger partial charge on any atom is 0.315 e. The van der Waals surface area contributed by atoms with E-state index in [0.717, 1.165) is 11.8 Å². The third-order valence-electron chi connectivity index (χ3n) is 1.95. The van der Waals surface area contributed by atoms with Crippen LogP contribution >= 0.6 is 23.4 Å². The van der Waals surface area contributed by atoms with Crippen molar-refractivity contribution in [3.63, 3.8) is 0 Å². The molecule has 1 rings (SSSR count). The minimum absolute atomic E-state index is 0.134. The van der Waals surface area contributed by atoms with E-state index in [2.05, 4.69) is 10.1 Å². The zero-order chi connectivity index (χ0) is 13.5. The van der Waals surface area contributed by atoms with Crippen molar-refractivity contribution >= 4 is 46.6 Å². The van der Waals surface area contributed by atoms with Crippen LogP contribution in [-0.2, 0) is 14.3 Å². The first-order valence-electron chi connectivity index (χ1n) is 5.02. The van der Waals surface area contributed by atoms with Gasteiger partial charge in [-0.25, -0.2) is 0 Å². The quantitative estimate of drug-likeness (QED) is 0.637. The topological polar surface area (TPSA) is 81.4 Å². The first-order chi connectivity index (χ1) is 8.52. The maximum absolute atomic E-state index is 11.6. The largest absolute Gasteiger partial charge is 0.468 e. The molecule has 0 fully saturated rings. The number of nitrogens with one attached hydrogen (secondary N) is 1. The van der Waals surface area contributed by atoms with Gasteiger partial charge in [0, 0.05) is 5.69 Å². The molecule has 3 N–H and O–H groups in total. The zero-order valence-corrected chi connectivity index (χ0v) is 11.3. The van der Waals surface area contributed by atoms with E-state index >= 15 is 0 Å². The predicted octanol–water partition coefficient (Wildman–Crippen LogP) is 1.77. The van der Waals surface area contributed by atoms with Crippen molar-refractivity contribution in [1.29, 1.82) is 0 Å². The molecule has 5 nitrogen and oxygen atoms in total. The summed E-state index contributed by atoms with van der Waals surface area (Å²) in [5.74, 6) is -0.347. The monoisotopic (exact) mass is 288 g/mol. The molecule has 0 unspecified atom stereocenters. The highest BCUT2D eigenvalue weighted by Gasteiger charge is 2.08. The number of benzene rings is 1. The molecule has 18 heavy (non-hydrogen) atoms. The number of hydrogen-bond acceptors (Lipinski definition) is 5. The van der Waals surface area contributed by atoms with Crippen LogP contribution in [0.4, 0.5) is 11.4 Å². The van der Waals surface area contributed by atoms with Gasteiger partial charge in [0.05, 0.1) is 29.3 Å². The molecular formula is C11H13ClN2O3S. The number of esters is 1. The smallest absolute Gasteiger partial charge is 0.315 e. The van der Waals surface area contributed by atoms with E-state index in [4.69, 9.17) is 17.3 Å². The number of carbonyl (C=O) groups excluding carboxylic acids is 2. The van der Waals surface area contributed by atoms with Gasteiger partial charge in [0.15, 0.2) is 0 Å². The molecule has 0 spiro atoms. The van der Waals surface area contributed by atoms with Gasteiger partial charge in [-0.3, -0.25) is 9.59 Å². The van der Waals surface area contributed by atoms with Gasteiger partial charge in [-0.15, -0.1) is 11.8 Å². The third kappa shape index (κ3) is 4.85. The van der Waals surface area contributed by atoms with Gasteiger partial charge in [-0.2, -0.15) is 0 Å². The molecule has 0 aliphatic heterocycles. The number of thioether (sulfide) groups is 1. The molecule has 0 aliphatic carbocycles. The molecular weight excluding hydrogens is 276 g/mol. The SMILES string of the molecule is COC(=O)CSCC(=O)Nc1cc(N)ccc1Cl. The summed E-state index contributed by atoms with van der Waals surface area (Å²) in [6.45, 7) is 0. The van der Waals surface area contributed by atoms with Crippen LogP contribution in [0.2, 0.25) is 5.02 Å². The molecule has 0 saturated carbocycles. The van der Waals surface area contributed by atoms with E-state index in [1.165, 1.54) is 7.11 Å². The Morgan fingerprint density at radius 3 is 2.83 bits per heavy atom. The van der Waals surface area contributed by atoms with Gasteiger partial charge in [-0.1, -0.05) is 11.6 Å². The number of methoxy groups -OCH3 is 1. The van der Waals surface area contributed by atoms with Gasteiger partial charge in [-0.05, 0) is 18.2 Å². The maximum atomic E-state index is 11.6. The number of halogens is 1. The number of hydrogen-bond donors (Lipinski definition) is 2. The highest BCUT2D eigenvalue weighted by molar-refractivity contribution is 8.00. The molecule has 0 bridgehead atoms. The number of ether oxygens (including phenoxy) is 1. The highest BCUT2D eigenvalue weighted by Crippen LogP contribution is 2.24.